The molecular formula is C21H16ClFN4O2. The zero-order valence-electron chi connectivity index (χ0n) is 15.4. The van der Waals surface area contributed by atoms with Gasteiger partial charge in [-0.2, -0.15) is 5.26 Å². The van der Waals surface area contributed by atoms with Gasteiger partial charge in [-0.3, -0.25) is 5.10 Å². The average Bonchev–Trinajstić information content (AvgIpc) is 3.07. The Balaban J connectivity index is 1.68. The number of hydrogen-bond acceptors (Lipinski definition) is 5. The zero-order chi connectivity index (χ0) is 20.5. The van der Waals surface area contributed by atoms with Crippen molar-refractivity contribution in [2.75, 3.05) is 0 Å². The number of fused-ring (bicyclic) bond motifs is 1. The van der Waals surface area contributed by atoms with E-state index in [1.165, 1.54) is 12.1 Å². The molecule has 1 atom stereocenters. The summed E-state index contributed by atoms with van der Waals surface area (Å²) >= 11 is 6.06. The van der Waals surface area contributed by atoms with Crippen LogP contribution < -0.4 is 15.2 Å². The maximum absolute atomic E-state index is 14.0. The van der Waals surface area contributed by atoms with Crippen LogP contribution in [-0.2, 0) is 6.61 Å². The number of rotatable bonds is 4. The zero-order valence-corrected chi connectivity index (χ0v) is 16.1. The fraction of sp³-hybridized carbons (Fsp3) is 0.143. The molecule has 3 N–H and O–H groups in total. The molecule has 0 saturated carbocycles. The SMILES string of the molecule is Cc1[nH]nc2c1[C@H](c1cccc(OCc3c(F)cccc3Cl)c1)C(C#N)=C(N)O2. The fourth-order valence-electron chi connectivity index (χ4n) is 3.34. The van der Waals surface area contributed by atoms with Gasteiger partial charge in [0.05, 0.1) is 10.9 Å². The Bertz CT molecular complexity index is 1150. The van der Waals surface area contributed by atoms with Crippen LogP contribution in [-0.4, -0.2) is 10.2 Å². The molecule has 0 saturated heterocycles. The van der Waals surface area contributed by atoms with E-state index in [-0.39, 0.29) is 23.6 Å². The standard InChI is InChI=1S/C21H16ClFN4O2/c1-11-18-19(14(9-24)20(25)29-21(18)27-26-11)12-4-2-5-13(8-12)28-10-15-16(22)6-3-7-17(15)23/h2-8,19H,10,25H2,1H3,(H,26,27)/t19-/m1/s1. The number of aromatic amines is 1. The largest absolute Gasteiger partial charge is 0.489 e. The third-order valence-corrected chi connectivity index (χ3v) is 5.12. The third-order valence-electron chi connectivity index (χ3n) is 4.77. The van der Waals surface area contributed by atoms with E-state index in [0.29, 0.717) is 16.7 Å². The van der Waals surface area contributed by atoms with Gasteiger partial charge in [-0.1, -0.05) is 29.8 Å². The fourth-order valence-corrected chi connectivity index (χ4v) is 3.56. The summed E-state index contributed by atoms with van der Waals surface area (Å²) in [5.41, 5.74) is 8.79. The minimum Gasteiger partial charge on any atom is -0.489 e. The van der Waals surface area contributed by atoms with Crippen LogP contribution in [0.3, 0.4) is 0 Å². The van der Waals surface area contributed by atoms with Gasteiger partial charge >= 0.3 is 0 Å². The van der Waals surface area contributed by atoms with Crippen molar-refractivity contribution in [2.45, 2.75) is 19.4 Å². The molecule has 4 rings (SSSR count). The molecule has 2 heterocycles. The first-order valence-corrected chi connectivity index (χ1v) is 9.15. The highest BCUT2D eigenvalue weighted by Crippen LogP contribution is 2.43. The number of benzene rings is 2. The van der Waals surface area contributed by atoms with Crippen LogP contribution in [0.1, 0.15) is 28.3 Å². The third kappa shape index (κ3) is 3.39. The topological polar surface area (TPSA) is 97.0 Å². The predicted octanol–water partition coefficient (Wildman–Crippen LogP) is 4.31. The van der Waals surface area contributed by atoms with Crippen molar-refractivity contribution in [3.63, 3.8) is 0 Å². The summed E-state index contributed by atoms with van der Waals surface area (Å²) in [5.74, 6) is -0.0244. The molecule has 3 aromatic rings. The molecule has 1 aliphatic heterocycles. The molecule has 6 nitrogen and oxygen atoms in total. The highest BCUT2D eigenvalue weighted by Gasteiger charge is 2.34. The molecular weight excluding hydrogens is 395 g/mol. The Morgan fingerprint density at radius 2 is 2.14 bits per heavy atom. The van der Waals surface area contributed by atoms with E-state index < -0.39 is 11.7 Å². The number of nitriles is 1. The number of halogens is 2. The number of H-pyrrole nitrogens is 1. The summed E-state index contributed by atoms with van der Waals surface area (Å²) in [6.45, 7) is 1.82. The van der Waals surface area contributed by atoms with Gasteiger partial charge in [-0.15, -0.1) is 5.10 Å². The van der Waals surface area contributed by atoms with Gasteiger partial charge < -0.3 is 15.2 Å². The average molecular weight is 411 g/mol. The second-order valence-electron chi connectivity index (χ2n) is 6.55. The van der Waals surface area contributed by atoms with Crippen LogP contribution in [0.4, 0.5) is 4.39 Å². The van der Waals surface area contributed by atoms with Gasteiger partial charge in [0.1, 0.15) is 29.8 Å². The highest BCUT2D eigenvalue weighted by atomic mass is 35.5. The summed E-state index contributed by atoms with van der Waals surface area (Å²) in [6, 6.07) is 13.8. The first kappa shape index (κ1) is 18.8. The molecule has 2 aromatic carbocycles. The molecule has 0 unspecified atom stereocenters. The summed E-state index contributed by atoms with van der Waals surface area (Å²) in [4.78, 5) is 0. The van der Waals surface area contributed by atoms with Crippen molar-refractivity contribution >= 4 is 11.6 Å². The Morgan fingerprint density at radius 1 is 1.34 bits per heavy atom. The lowest BCUT2D eigenvalue weighted by Crippen LogP contribution is -2.21. The Morgan fingerprint density at radius 3 is 2.90 bits per heavy atom. The lowest BCUT2D eigenvalue weighted by molar-refractivity contribution is 0.299. The number of ether oxygens (including phenoxy) is 2. The molecule has 1 aromatic heterocycles. The van der Waals surface area contributed by atoms with E-state index in [4.69, 9.17) is 26.8 Å². The predicted molar refractivity (Wildman–Crippen MR) is 105 cm³/mol. The lowest BCUT2D eigenvalue weighted by atomic mass is 9.84. The number of nitrogens with zero attached hydrogens (tertiary/aromatic N) is 2. The van der Waals surface area contributed by atoms with Gasteiger partial charge in [-0.25, -0.2) is 4.39 Å². The number of aromatic nitrogens is 2. The summed E-state index contributed by atoms with van der Waals surface area (Å²) < 4.78 is 25.2. The van der Waals surface area contributed by atoms with Crippen LogP contribution in [0.15, 0.2) is 53.9 Å². The lowest BCUT2D eigenvalue weighted by Gasteiger charge is -2.24. The second kappa shape index (κ2) is 7.49. The monoisotopic (exact) mass is 410 g/mol. The maximum Gasteiger partial charge on any atom is 0.244 e. The summed E-state index contributed by atoms with van der Waals surface area (Å²) in [5, 5.41) is 16.9. The van der Waals surface area contributed by atoms with Crippen LogP contribution in [0.5, 0.6) is 11.6 Å². The molecule has 8 heteroatoms. The minimum absolute atomic E-state index is 0.0148. The van der Waals surface area contributed by atoms with Crippen molar-refractivity contribution in [1.82, 2.24) is 10.2 Å². The van der Waals surface area contributed by atoms with Crippen LogP contribution in [0.2, 0.25) is 5.02 Å². The van der Waals surface area contributed by atoms with Crippen LogP contribution in [0.25, 0.3) is 0 Å². The van der Waals surface area contributed by atoms with E-state index in [1.807, 2.05) is 13.0 Å². The van der Waals surface area contributed by atoms with Crippen molar-refractivity contribution < 1.29 is 13.9 Å². The Kier molecular flexibility index (Phi) is 4.87. The highest BCUT2D eigenvalue weighted by molar-refractivity contribution is 6.31. The smallest absolute Gasteiger partial charge is 0.244 e. The molecule has 0 aliphatic carbocycles. The second-order valence-corrected chi connectivity index (χ2v) is 6.96. The van der Waals surface area contributed by atoms with E-state index in [9.17, 15) is 9.65 Å². The van der Waals surface area contributed by atoms with E-state index in [1.54, 1.807) is 24.3 Å². The molecule has 0 radical (unpaired) electrons. The van der Waals surface area contributed by atoms with Crippen LogP contribution in [0, 0.1) is 24.1 Å². The molecule has 0 bridgehead atoms. The molecule has 0 amide bonds. The molecule has 29 heavy (non-hydrogen) atoms. The normalized spacial score (nSPS) is 15.4. The van der Waals surface area contributed by atoms with Crippen LogP contribution >= 0.6 is 11.6 Å². The van der Waals surface area contributed by atoms with Crippen molar-refractivity contribution in [1.29, 1.82) is 5.26 Å². The number of nitrogens with one attached hydrogen (secondary N) is 1. The Hall–Kier alpha value is -3.50. The van der Waals surface area contributed by atoms with Gasteiger partial charge in [0.15, 0.2) is 0 Å². The maximum atomic E-state index is 14.0. The van der Waals surface area contributed by atoms with Gasteiger partial charge in [0, 0.05) is 16.8 Å². The summed E-state index contributed by atoms with van der Waals surface area (Å²) in [7, 11) is 0. The van der Waals surface area contributed by atoms with E-state index >= 15 is 0 Å². The molecule has 146 valence electrons. The van der Waals surface area contributed by atoms with Crippen molar-refractivity contribution in [3.05, 3.63) is 87.1 Å². The Labute approximate surface area is 171 Å². The first-order valence-electron chi connectivity index (χ1n) is 8.77. The van der Waals surface area contributed by atoms with E-state index in [0.717, 1.165) is 16.8 Å². The molecule has 0 fully saturated rings. The molecule has 1 aliphatic rings. The van der Waals surface area contributed by atoms with Gasteiger partial charge in [-0.05, 0) is 36.8 Å². The number of nitrogens with two attached hydrogens (primary N) is 1. The molecule has 0 spiro atoms. The van der Waals surface area contributed by atoms with Gasteiger partial charge in [0.2, 0.25) is 11.8 Å². The quantitative estimate of drug-likeness (QED) is 0.668. The number of aryl methyl sites for hydroxylation is 1. The van der Waals surface area contributed by atoms with Crippen molar-refractivity contribution in [3.8, 4) is 17.7 Å². The first-order chi connectivity index (χ1) is 14.0. The number of allylic oxidation sites excluding steroid dienone is 1. The minimum atomic E-state index is -0.455. The van der Waals surface area contributed by atoms with E-state index in [2.05, 4.69) is 16.3 Å². The summed E-state index contributed by atoms with van der Waals surface area (Å²) in [6.07, 6.45) is 0. The number of hydrogen-bond donors (Lipinski definition) is 2. The van der Waals surface area contributed by atoms with Gasteiger partial charge in [0.25, 0.3) is 0 Å². The van der Waals surface area contributed by atoms with Crippen molar-refractivity contribution in [2.24, 2.45) is 5.73 Å².